The van der Waals surface area contributed by atoms with Crippen LogP contribution in [0.25, 0.3) is 0 Å². The van der Waals surface area contributed by atoms with Gasteiger partial charge in [-0.3, -0.25) is 10.2 Å². The molecule has 0 heterocycles. The molecule has 140 valence electrons. The molecule has 0 aliphatic carbocycles. The first-order valence-corrected chi connectivity index (χ1v) is 9.15. The minimum atomic E-state index is -0.483. The predicted octanol–water partition coefficient (Wildman–Crippen LogP) is 4.83. The molecule has 6 heteroatoms. The maximum atomic E-state index is 12.9. The molecule has 0 saturated carbocycles. The largest absolute Gasteiger partial charge is 0.405 e. The van der Waals surface area contributed by atoms with Crippen LogP contribution in [-0.4, -0.2) is 11.7 Å². The zero-order valence-corrected chi connectivity index (χ0v) is 16.4. The van der Waals surface area contributed by atoms with Gasteiger partial charge in [-0.25, -0.2) is 0 Å². The van der Waals surface area contributed by atoms with E-state index in [-0.39, 0.29) is 11.7 Å². The molecule has 0 saturated heterocycles. The number of carbonyl (C=O) groups excluding carboxylic acids is 1. The van der Waals surface area contributed by atoms with Crippen LogP contribution in [0.15, 0.2) is 72.5 Å². The van der Waals surface area contributed by atoms with Crippen molar-refractivity contribution in [1.82, 2.24) is 5.32 Å². The molecule has 2 aromatic carbocycles. The predicted molar refractivity (Wildman–Crippen MR) is 112 cm³/mol. The van der Waals surface area contributed by atoms with Crippen LogP contribution in [0.2, 0.25) is 10.0 Å². The van der Waals surface area contributed by atoms with Crippen molar-refractivity contribution in [3.05, 3.63) is 93.6 Å². The summed E-state index contributed by atoms with van der Waals surface area (Å²) in [5.74, 6) is -0.759. The highest BCUT2D eigenvalue weighted by Gasteiger charge is 2.22. The van der Waals surface area contributed by atoms with Gasteiger partial charge in [0.1, 0.15) is 5.84 Å². The van der Waals surface area contributed by atoms with Crippen LogP contribution in [-0.2, 0) is 11.2 Å². The Hall–Kier alpha value is -2.56. The van der Waals surface area contributed by atoms with Crippen molar-refractivity contribution in [2.75, 3.05) is 0 Å². The van der Waals surface area contributed by atoms with Gasteiger partial charge in [0.2, 0.25) is 5.91 Å². The Morgan fingerprint density at radius 2 is 1.89 bits per heavy atom. The molecule has 1 unspecified atom stereocenters. The van der Waals surface area contributed by atoms with E-state index < -0.39 is 5.92 Å². The van der Waals surface area contributed by atoms with Gasteiger partial charge in [-0.1, -0.05) is 65.7 Å². The Labute approximate surface area is 169 Å². The smallest absolute Gasteiger partial charge is 0.233 e. The first-order chi connectivity index (χ1) is 13.0. The van der Waals surface area contributed by atoms with Crippen molar-refractivity contribution in [3.63, 3.8) is 0 Å². The Morgan fingerprint density at radius 1 is 1.19 bits per heavy atom. The number of halogens is 2. The normalized spacial score (nSPS) is 12.8. The fourth-order valence-electron chi connectivity index (χ4n) is 2.66. The number of allylic oxidation sites excluding steroid dienone is 1. The van der Waals surface area contributed by atoms with Gasteiger partial charge >= 0.3 is 0 Å². The van der Waals surface area contributed by atoms with Gasteiger partial charge in [0.25, 0.3) is 0 Å². The summed E-state index contributed by atoms with van der Waals surface area (Å²) in [6.45, 7) is 1.78. The van der Waals surface area contributed by atoms with E-state index in [1.807, 2.05) is 36.4 Å². The molecule has 4 N–H and O–H groups in total. The summed E-state index contributed by atoms with van der Waals surface area (Å²) in [6.07, 6.45) is 5.04. The van der Waals surface area contributed by atoms with Crippen LogP contribution in [0.1, 0.15) is 24.0 Å². The number of benzene rings is 2. The lowest BCUT2D eigenvalue weighted by atomic mass is 9.91. The number of amides is 1. The van der Waals surface area contributed by atoms with Crippen molar-refractivity contribution in [2.24, 2.45) is 5.73 Å². The first kappa shape index (κ1) is 20.7. The zero-order chi connectivity index (χ0) is 19.8. The van der Waals surface area contributed by atoms with Crippen LogP contribution >= 0.6 is 23.2 Å². The van der Waals surface area contributed by atoms with Crippen LogP contribution in [0, 0.1) is 5.41 Å². The quantitative estimate of drug-likeness (QED) is 0.368. The number of nitrogens with one attached hydrogen (secondary N) is 2. The first-order valence-electron chi connectivity index (χ1n) is 8.39. The second-order valence-corrected chi connectivity index (χ2v) is 6.70. The van der Waals surface area contributed by atoms with Crippen LogP contribution in [0.5, 0.6) is 0 Å². The van der Waals surface area contributed by atoms with Gasteiger partial charge in [-0.05, 0) is 48.9 Å². The van der Waals surface area contributed by atoms with E-state index >= 15 is 0 Å². The van der Waals surface area contributed by atoms with E-state index in [1.54, 1.807) is 31.2 Å². The molecular formula is C21H21Cl2N3O. The third-order valence-corrected chi connectivity index (χ3v) is 4.80. The fraction of sp³-hybridized carbons (Fsp3) is 0.143. The number of hydrogen-bond donors (Lipinski definition) is 3. The molecule has 0 aliphatic heterocycles. The van der Waals surface area contributed by atoms with Crippen LogP contribution in [0.4, 0.5) is 0 Å². The minimum Gasteiger partial charge on any atom is -0.405 e. The van der Waals surface area contributed by atoms with E-state index in [4.69, 9.17) is 34.3 Å². The average Bonchev–Trinajstić information content (AvgIpc) is 2.67. The van der Waals surface area contributed by atoms with Crippen molar-refractivity contribution in [1.29, 1.82) is 5.41 Å². The molecule has 27 heavy (non-hydrogen) atoms. The summed E-state index contributed by atoms with van der Waals surface area (Å²) in [5.41, 5.74) is 7.67. The highest BCUT2D eigenvalue weighted by molar-refractivity contribution is 6.42. The molecular weight excluding hydrogens is 381 g/mol. The Kier molecular flexibility index (Phi) is 7.65. The molecule has 0 fully saturated rings. The topological polar surface area (TPSA) is 79.0 Å². The van der Waals surface area contributed by atoms with Gasteiger partial charge in [0, 0.05) is 5.57 Å². The Bertz CT molecular complexity index is 876. The summed E-state index contributed by atoms with van der Waals surface area (Å²) in [4.78, 5) is 12.9. The van der Waals surface area contributed by atoms with E-state index in [0.29, 0.717) is 22.0 Å². The second-order valence-electron chi connectivity index (χ2n) is 5.88. The summed E-state index contributed by atoms with van der Waals surface area (Å²) in [6, 6.07) is 14.7. The SMILES string of the molecule is C/C=C(\C=C/N)C(=N)NC(=O)C(Cc1ccc(Cl)c(Cl)c1)c1ccccc1. The third-order valence-electron chi connectivity index (χ3n) is 4.07. The molecule has 0 spiro atoms. The average molecular weight is 402 g/mol. The van der Waals surface area contributed by atoms with Gasteiger partial charge in [-0.2, -0.15) is 0 Å². The summed E-state index contributed by atoms with van der Waals surface area (Å²) in [5, 5.41) is 11.7. The second kappa shape index (κ2) is 9.95. The van der Waals surface area contributed by atoms with Gasteiger partial charge in [0.05, 0.1) is 16.0 Å². The highest BCUT2D eigenvalue weighted by Crippen LogP contribution is 2.27. The van der Waals surface area contributed by atoms with Gasteiger partial charge in [-0.15, -0.1) is 0 Å². The van der Waals surface area contributed by atoms with E-state index in [9.17, 15) is 4.79 Å². The van der Waals surface area contributed by atoms with Crippen molar-refractivity contribution < 1.29 is 4.79 Å². The molecule has 2 rings (SSSR count). The summed E-state index contributed by atoms with van der Waals surface area (Å²) < 4.78 is 0. The van der Waals surface area contributed by atoms with Crippen molar-refractivity contribution in [3.8, 4) is 0 Å². The number of rotatable bonds is 6. The van der Waals surface area contributed by atoms with Gasteiger partial charge in [0.15, 0.2) is 0 Å². The number of carbonyl (C=O) groups is 1. The minimum absolute atomic E-state index is 0.000676. The Morgan fingerprint density at radius 3 is 2.48 bits per heavy atom. The fourth-order valence-corrected chi connectivity index (χ4v) is 2.98. The molecule has 1 amide bonds. The standard InChI is InChI=1S/C21H21Cl2N3O/c1-2-15(10-11-24)20(25)26-21(27)17(16-6-4-3-5-7-16)12-14-8-9-18(22)19(23)13-14/h2-11,13,17H,12,24H2,1H3,(H2,25,26,27)/b11-10-,15-2+. The van der Waals surface area contributed by atoms with Crippen LogP contribution in [0.3, 0.4) is 0 Å². The van der Waals surface area contributed by atoms with Crippen LogP contribution < -0.4 is 11.1 Å². The Balaban J connectivity index is 2.28. The monoisotopic (exact) mass is 401 g/mol. The van der Waals surface area contributed by atoms with Gasteiger partial charge < -0.3 is 11.1 Å². The molecule has 2 aromatic rings. The number of amidine groups is 1. The maximum absolute atomic E-state index is 12.9. The summed E-state index contributed by atoms with van der Waals surface area (Å²) in [7, 11) is 0. The lowest BCUT2D eigenvalue weighted by Gasteiger charge is -2.18. The molecule has 1 atom stereocenters. The van der Waals surface area contributed by atoms with Crippen molar-refractivity contribution >= 4 is 34.9 Å². The molecule has 0 bridgehead atoms. The van der Waals surface area contributed by atoms with E-state index in [2.05, 4.69) is 5.32 Å². The van der Waals surface area contributed by atoms with Crippen molar-refractivity contribution in [2.45, 2.75) is 19.3 Å². The molecule has 4 nitrogen and oxygen atoms in total. The van der Waals surface area contributed by atoms with E-state index in [0.717, 1.165) is 11.1 Å². The molecule has 0 aromatic heterocycles. The molecule has 0 radical (unpaired) electrons. The summed E-state index contributed by atoms with van der Waals surface area (Å²) >= 11 is 12.1. The zero-order valence-electron chi connectivity index (χ0n) is 14.9. The number of hydrogen-bond acceptors (Lipinski definition) is 3. The van der Waals surface area contributed by atoms with E-state index in [1.165, 1.54) is 6.20 Å². The maximum Gasteiger partial charge on any atom is 0.233 e. The number of nitrogens with two attached hydrogens (primary N) is 1. The lowest BCUT2D eigenvalue weighted by Crippen LogP contribution is -2.35. The highest BCUT2D eigenvalue weighted by atomic mass is 35.5. The third kappa shape index (κ3) is 5.71. The molecule has 0 aliphatic rings. The lowest BCUT2D eigenvalue weighted by molar-refractivity contribution is -0.121.